The lowest BCUT2D eigenvalue weighted by Gasteiger charge is -2.18. The molecule has 5 nitrogen and oxygen atoms in total. The minimum atomic E-state index is -0.299. The molecule has 0 bridgehead atoms. The van der Waals surface area contributed by atoms with E-state index in [0.717, 1.165) is 0 Å². The molecule has 0 aliphatic rings. The van der Waals surface area contributed by atoms with E-state index in [1.807, 2.05) is 20.8 Å². The maximum Gasteiger partial charge on any atom is 0.322 e. The third-order valence-electron chi connectivity index (χ3n) is 2.15. The molecule has 0 saturated heterocycles. The molecule has 0 spiro atoms. The Hall–Kier alpha value is -0.650. The largest absolute Gasteiger partial charge is 0.468 e. The molecule has 0 amide bonds. The van der Waals surface area contributed by atoms with Crippen LogP contribution in [0, 0.1) is 0 Å². The number of ether oxygens (including phenoxy) is 3. The van der Waals surface area contributed by atoms with Gasteiger partial charge in [-0.05, 0) is 13.3 Å². The Balaban J connectivity index is 3.72. The van der Waals surface area contributed by atoms with Gasteiger partial charge in [-0.25, -0.2) is 0 Å². The molecule has 0 fully saturated rings. The van der Waals surface area contributed by atoms with Crippen molar-refractivity contribution in [2.45, 2.75) is 39.3 Å². The van der Waals surface area contributed by atoms with Crippen LogP contribution in [-0.2, 0) is 19.0 Å². The van der Waals surface area contributed by atoms with E-state index in [-0.39, 0.29) is 18.1 Å². The zero-order valence-electron chi connectivity index (χ0n) is 11.3. The summed E-state index contributed by atoms with van der Waals surface area (Å²) in [5.74, 6) is -0.243. The number of rotatable bonds is 10. The molecule has 0 radical (unpaired) electrons. The van der Waals surface area contributed by atoms with Crippen molar-refractivity contribution in [3.63, 3.8) is 0 Å². The van der Waals surface area contributed by atoms with Gasteiger partial charge in [-0.15, -0.1) is 0 Å². The summed E-state index contributed by atoms with van der Waals surface area (Å²) in [6.07, 6.45) is 0.608. The second-order valence-electron chi connectivity index (χ2n) is 4.00. The van der Waals surface area contributed by atoms with Gasteiger partial charge in [-0.1, -0.05) is 13.8 Å². The van der Waals surface area contributed by atoms with Gasteiger partial charge in [0.25, 0.3) is 0 Å². The lowest BCUT2D eigenvalue weighted by molar-refractivity contribution is -0.143. The smallest absolute Gasteiger partial charge is 0.322 e. The first-order valence-electron chi connectivity index (χ1n) is 6.11. The SMILES string of the molecule is CCOCCOCCC(NC(C)C)C(=O)OC. The molecule has 1 N–H and O–H groups in total. The van der Waals surface area contributed by atoms with Crippen LogP contribution in [0.5, 0.6) is 0 Å². The quantitative estimate of drug-likeness (QED) is 0.460. The van der Waals surface area contributed by atoms with Crippen LogP contribution < -0.4 is 5.32 Å². The Morgan fingerprint density at radius 3 is 2.35 bits per heavy atom. The topological polar surface area (TPSA) is 56.8 Å². The number of hydrogen-bond donors (Lipinski definition) is 1. The van der Waals surface area contributed by atoms with E-state index in [1.54, 1.807) is 0 Å². The van der Waals surface area contributed by atoms with Crippen molar-refractivity contribution in [1.29, 1.82) is 0 Å². The fourth-order valence-corrected chi connectivity index (χ4v) is 1.38. The summed E-state index contributed by atoms with van der Waals surface area (Å²) in [6.45, 7) is 8.30. The zero-order valence-corrected chi connectivity index (χ0v) is 11.3. The van der Waals surface area contributed by atoms with Gasteiger partial charge in [-0.2, -0.15) is 0 Å². The Kier molecular flexibility index (Phi) is 10.1. The highest BCUT2D eigenvalue weighted by molar-refractivity contribution is 5.75. The first-order chi connectivity index (χ1) is 8.11. The number of nitrogens with one attached hydrogen (secondary N) is 1. The average Bonchev–Trinajstić information content (AvgIpc) is 2.30. The lowest BCUT2D eigenvalue weighted by Crippen LogP contribution is -2.42. The summed E-state index contributed by atoms with van der Waals surface area (Å²) in [5.41, 5.74) is 0. The van der Waals surface area contributed by atoms with Gasteiger partial charge in [0.05, 0.1) is 20.3 Å². The van der Waals surface area contributed by atoms with E-state index in [2.05, 4.69) is 5.32 Å². The van der Waals surface area contributed by atoms with Crippen LogP contribution in [0.2, 0.25) is 0 Å². The Morgan fingerprint density at radius 1 is 1.18 bits per heavy atom. The summed E-state index contributed by atoms with van der Waals surface area (Å²) >= 11 is 0. The van der Waals surface area contributed by atoms with Gasteiger partial charge in [-0.3, -0.25) is 4.79 Å². The zero-order chi connectivity index (χ0) is 13.1. The average molecular weight is 247 g/mol. The maximum absolute atomic E-state index is 11.4. The van der Waals surface area contributed by atoms with E-state index in [1.165, 1.54) is 7.11 Å². The highest BCUT2D eigenvalue weighted by Crippen LogP contribution is 1.98. The van der Waals surface area contributed by atoms with E-state index in [4.69, 9.17) is 14.2 Å². The van der Waals surface area contributed by atoms with Crippen molar-refractivity contribution < 1.29 is 19.0 Å². The van der Waals surface area contributed by atoms with Gasteiger partial charge in [0.15, 0.2) is 0 Å². The number of carbonyl (C=O) groups excluding carboxylic acids is 1. The van der Waals surface area contributed by atoms with E-state index >= 15 is 0 Å². The fraction of sp³-hybridized carbons (Fsp3) is 0.917. The predicted molar refractivity (Wildman–Crippen MR) is 66.0 cm³/mol. The van der Waals surface area contributed by atoms with Crippen molar-refractivity contribution >= 4 is 5.97 Å². The molecule has 0 rings (SSSR count). The minimum absolute atomic E-state index is 0.238. The molecular formula is C12H25NO4. The van der Waals surface area contributed by atoms with Crippen molar-refractivity contribution in [1.82, 2.24) is 5.32 Å². The molecule has 0 aromatic rings. The molecular weight excluding hydrogens is 222 g/mol. The highest BCUT2D eigenvalue weighted by atomic mass is 16.5. The number of carbonyl (C=O) groups is 1. The molecule has 0 saturated carbocycles. The van der Waals surface area contributed by atoms with Crippen LogP contribution >= 0.6 is 0 Å². The number of esters is 1. The normalized spacial score (nSPS) is 12.8. The highest BCUT2D eigenvalue weighted by Gasteiger charge is 2.19. The molecule has 102 valence electrons. The van der Waals surface area contributed by atoms with Crippen LogP contribution in [0.4, 0.5) is 0 Å². The summed E-state index contributed by atoms with van der Waals surface area (Å²) in [6, 6.07) is -0.0605. The second-order valence-corrected chi connectivity index (χ2v) is 4.00. The number of hydrogen-bond acceptors (Lipinski definition) is 5. The van der Waals surface area contributed by atoms with Crippen LogP contribution in [0.1, 0.15) is 27.2 Å². The van der Waals surface area contributed by atoms with E-state index < -0.39 is 0 Å². The monoisotopic (exact) mass is 247 g/mol. The van der Waals surface area contributed by atoms with E-state index in [9.17, 15) is 4.79 Å². The van der Waals surface area contributed by atoms with Crippen molar-refractivity contribution in [2.24, 2.45) is 0 Å². The van der Waals surface area contributed by atoms with Gasteiger partial charge < -0.3 is 19.5 Å². The van der Waals surface area contributed by atoms with E-state index in [0.29, 0.717) is 32.8 Å². The lowest BCUT2D eigenvalue weighted by atomic mass is 10.2. The molecule has 0 aliphatic carbocycles. The molecule has 0 aromatic heterocycles. The fourth-order valence-electron chi connectivity index (χ4n) is 1.38. The Bertz CT molecular complexity index is 197. The van der Waals surface area contributed by atoms with Crippen molar-refractivity contribution in [3.8, 4) is 0 Å². The summed E-state index contributed by atoms with van der Waals surface area (Å²) in [5, 5.41) is 3.15. The molecule has 0 heterocycles. The Morgan fingerprint density at radius 2 is 1.82 bits per heavy atom. The summed E-state index contributed by atoms with van der Waals surface area (Å²) in [7, 11) is 1.40. The number of methoxy groups -OCH3 is 1. The van der Waals surface area contributed by atoms with Crippen molar-refractivity contribution in [3.05, 3.63) is 0 Å². The summed E-state index contributed by atoms with van der Waals surface area (Å²) < 4.78 is 15.2. The predicted octanol–water partition coefficient (Wildman–Crippen LogP) is 0.969. The van der Waals surface area contributed by atoms with Crippen LogP contribution in [-0.4, -0.2) is 51.6 Å². The van der Waals surface area contributed by atoms with Gasteiger partial charge in [0.1, 0.15) is 6.04 Å². The molecule has 1 atom stereocenters. The third-order valence-corrected chi connectivity index (χ3v) is 2.15. The minimum Gasteiger partial charge on any atom is -0.468 e. The van der Waals surface area contributed by atoms with Crippen LogP contribution in [0.15, 0.2) is 0 Å². The molecule has 0 aliphatic heterocycles. The van der Waals surface area contributed by atoms with Crippen LogP contribution in [0.25, 0.3) is 0 Å². The van der Waals surface area contributed by atoms with Gasteiger partial charge in [0.2, 0.25) is 0 Å². The van der Waals surface area contributed by atoms with Crippen LogP contribution in [0.3, 0.4) is 0 Å². The standard InChI is InChI=1S/C12H25NO4/c1-5-16-8-9-17-7-6-11(12(14)15-4)13-10(2)3/h10-11,13H,5-9H2,1-4H3. The molecule has 5 heteroatoms. The summed E-state index contributed by atoms with van der Waals surface area (Å²) in [4.78, 5) is 11.4. The first-order valence-corrected chi connectivity index (χ1v) is 6.11. The first kappa shape index (κ1) is 16.4. The second kappa shape index (κ2) is 10.5. The van der Waals surface area contributed by atoms with Gasteiger partial charge >= 0.3 is 5.97 Å². The molecule has 17 heavy (non-hydrogen) atoms. The molecule has 0 aromatic carbocycles. The van der Waals surface area contributed by atoms with Gasteiger partial charge in [0, 0.05) is 19.3 Å². The molecule has 1 unspecified atom stereocenters. The Labute approximate surface area is 104 Å². The third kappa shape index (κ3) is 9.09. The maximum atomic E-state index is 11.4. The van der Waals surface area contributed by atoms with Crippen molar-refractivity contribution in [2.75, 3.05) is 33.5 Å².